The molecule has 0 aliphatic carbocycles. The van der Waals surface area contributed by atoms with E-state index in [-0.39, 0.29) is 18.4 Å². The minimum absolute atomic E-state index is 0.0565. The van der Waals surface area contributed by atoms with Gasteiger partial charge < -0.3 is 19.7 Å². The molecule has 0 radical (unpaired) electrons. The van der Waals surface area contributed by atoms with Crippen LogP contribution in [0.15, 0.2) is 18.2 Å². The topological polar surface area (TPSA) is 67.9 Å². The molecule has 0 atom stereocenters. The lowest BCUT2D eigenvalue weighted by molar-refractivity contribution is -0.142. The minimum Gasteiger partial charge on any atom is -0.486 e. The van der Waals surface area contributed by atoms with Gasteiger partial charge in [0.25, 0.3) is 0 Å². The fraction of sp³-hybridized carbons (Fsp3) is 0.500. The van der Waals surface area contributed by atoms with Gasteiger partial charge in [-0.2, -0.15) is 0 Å². The maximum absolute atomic E-state index is 12.8. The van der Waals surface area contributed by atoms with Crippen molar-refractivity contribution < 1.29 is 19.1 Å². The van der Waals surface area contributed by atoms with Crippen LogP contribution in [-0.4, -0.2) is 49.6 Å². The molecule has 0 aromatic heterocycles. The van der Waals surface area contributed by atoms with Gasteiger partial charge in [0.15, 0.2) is 11.5 Å². The van der Waals surface area contributed by atoms with Gasteiger partial charge in [0.2, 0.25) is 11.8 Å². The van der Waals surface area contributed by atoms with Crippen molar-refractivity contribution in [2.75, 3.05) is 32.8 Å². The van der Waals surface area contributed by atoms with Crippen molar-refractivity contribution in [1.82, 2.24) is 10.2 Å². The van der Waals surface area contributed by atoms with E-state index >= 15 is 0 Å². The Hall–Kier alpha value is -2.24. The predicted octanol–water partition coefficient (Wildman–Crippen LogP) is 0.694. The van der Waals surface area contributed by atoms with Gasteiger partial charge in [-0.1, -0.05) is 6.07 Å². The summed E-state index contributed by atoms with van der Waals surface area (Å²) in [6.45, 7) is 5.95. The quantitative estimate of drug-likeness (QED) is 0.873. The third-order valence-corrected chi connectivity index (χ3v) is 4.12. The first-order chi connectivity index (χ1) is 10.5. The van der Waals surface area contributed by atoms with Crippen LogP contribution in [0.1, 0.15) is 19.4 Å². The first-order valence-electron chi connectivity index (χ1n) is 7.45. The second-order valence-corrected chi connectivity index (χ2v) is 6.06. The molecule has 118 valence electrons. The Bertz CT molecular complexity index is 612. The Morgan fingerprint density at radius 1 is 1.23 bits per heavy atom. The molecular weight excluding hydrogens is 284 g/mol. The van der Waals surface area contributed by atoms with Crippen LogP contribution in [0.2, 0.25) is 0 Å². The lowest BCUT2D eigenvalue weighted by Crippen LogP contribution is -2.54. The maximum atomic E-state index is 12.8. The number of nitrogens with one attached hydrogen (secondary N) is 1. The van der Waals surface area contributed by atoms with Gasteiger partial charge in [0, 0.05) is 13.1 Å². The van der Waals surface area contributed by atoms with Crippen LogP contribution in [0.25, 0.3) is 0 Å². The van der Waals surface area contributed by atoms with Crippen LogP contribution < -0.4 is 14.8 Å². The molecule has 2 aliphatic heterocycles. The molecule has 1 N–H and O–H groups in total. The van der Waals surface area contributed by atoms with Gasteiger partial charge in [0.05, 0.1) is 12.0 Å². The van der Waals surface area contributed by atoms with Crippen molar-refractivity contribution in [2.45, 2.75) is 19.3 Å². The van der Waals surface area contributed by atoms with E-state index in [1.165, 1.54) is 0 Å². The number of benzene rings is 1. The number of nitrogens with zero attached hydrogens (tertiary/aromatic N) is 1. The van der Waals surface area contributed by atoms with Gasteiger partial charge >= 0.3 is 0 Å². The smallest absolute Gasteiger partial charge is 0.239 e. The lowest BCUT2D eigenvalue weighted by Gasteiger charge is -2.34. The van der Waals surface area contributed by atoms with Gasteiger partial charge in [-0.15, -0.1) is 0 Å². The highest BCUT2D eigenvalue weighted by atomic mass is 16.6. The van der Waals surface area contributed by atoms with Gasteiger partial charge in [-0.05, 0) is 31.5 Å². The molecule has 1 fully saturated rings. The Kier molecular flexibility index (Phi) is 3.68. The molecule has 2 aliphatic rings. The summed E-state index contributed by atoms with van der Waals surface area (Å²) in [5, 5.41) is 2.73. The summed E-state index contributed by atoms with van der Waals surface area (Å²) in [5.41, 5.74) is 0.126. The lowest BCUT2D eigenvalue weighted by atomic mass is 9.82. The number of ether oxygens (including phenoxy) is 2. The molecule has 0 unspecified atom stereocenters. The molecule has 0 spiro atoms. The third-order valence-electron chi connectivity index (χ3n) is 4.12. The average Bonchev–Trinajstić information content (AvgIpc) is 2.53. The molecular formula is C16H20N2O4. The van der Waals surface area contributed by atoms with E-state index < -0.39 is 5.41 Å². The monoisotopic (exact) mass is 304 g/mol. The highest BCUT2D eigenvalue weighted by Gasteiger charge is 2.36. The highest BCUT2D eigenvalue weighted by molar-refractivity contribution is 5.92. The van der Waals surface area contributed by atoms with Crippen LogP contribution in [-0.2, 0) is 15.0 Å². The molecule has 22 heavy (non-hydrogen) atoms. The van der Waals surface area contributed by atoms with E-state index in [0.717, 1.165) is 5.56 Å². The first kappa shape index (κ1) is 14.7. The Morgan fingerprint density at radius 3 is 2.68 bits per heavy atom. The summed E-state index contributed by atoms with van der Waals surface area (Å²) in [4.78, 5) is 25.9. The summed E-state index contributed by atoms with van der Waals surface area (Å²) < 4.78 is 11.1. The second kappa shape index (κ2) is 5.51. The number of hydrogen-bond donors (Lipinski definition) is 1. The summed E-state index contributed by atoms with van der Waals surface area (Å²) in [7, 11) is 0. The Labute approximate surface area is 129 Å². The van der Waals surface area contributed by atoms with Crippen molar-refractivity contribution in [2.24, 2.45) is 0 Å². The van der Waals surface area contributed by atoms with Crippen molar-refractivity contribution >= 4 is 11.8 Å². The van der Waals surface area contributed by atoms with Gasteiger partial charge in [0.1, 0.15) is 13.2 Å². The average molecular weight is 304 g/mol. The number of hydrogen-bond acceptors (Lipinski definition) is 4. The van der Waals surface area contributed by atoms with Crippen LogP contribution in [0.5, 0.6) is 11.5 Å². The molecule has 1 aromatic carbocycles. The molecule has 1 aromatic rings. The van der Waals surface area contributed by atoms with Gasteiger partial charge in [-0.3, -0.25) is 9.59 Å². The fourth-order valence-corrected chi connectivity index (χ4v) is 2.76. The zero-order valence-electron chi connectivity index (χ0n) is 12.8. The number of rotatable bonds is 2. The number of carbonyl (C=O) groups is 2. The van der Waals surface area contributed by atoms with E-state index in [1.807, 2.05) is 32.0 Å². The predicted molar refractivity (Wildman–Crippen MR) is 80.0 cm³/mol. The fourth-order valence-electron chi connectivity index (χ4n) is 2.76. The van der Waals surface area contributed by atoms with Crippen LogP contribution >= 0.6 is 0 Å². The van der Waals surface area contributed by atoms with E-state index in [4.69, 9.17) is 9.47 Å². The molecule has 0 saturated carbocycles. The van der Waals surface area contributed by atoms with Gasteiger partial charge in [-0.25, -0.2) is 0 Å². The first-order valence-corrected chi connectivity index (χ1v) is 7.45. The van der Waals surface area contributed by atoms with E-state index in [2.05, 4.69) is 5.32 Å². The minimum atomic E-state index is -0.729. The zero-order valence-corrected chi connectivity index (χ0v) is 12.8. The zero-order chi connectivity index (χ0) is 15.7. The van der Waals surface area contributed by atoms with Crippen molar-refractivity contribution in [1.29, 1.82) is 0 Å². The van der Waals surface area contributed by atoms with E-state index in [9.17, 15) is 9.59 Å². The summed E-state index contributed by atoms with van der Waals surface area (Å²) in [5.74, 6) is 1.20. The maximum Gasteiger partial charge on any atom is 0.239 e. The number of piperazine rings is 1. The molecule has 2 amide bonds. The highest BCUT2D eigenvalue weighted by Crippen LogP contribution is 2.36. The molecule has 2 heterocycles. The van der Waals surface area contributed by atoms with Crippen molar-refractivity contribution in [3.05, 3.63) is 23.8 Å². The third kappa shape index (κ3) is 2.61. The molecule has 6 heteroatoms. The summed E-state index contributed by atoms with van der Waals surface area (Å²) in [6.07, 6.45) is 0. The van der Waals surface area contributed by atoms with Crippen LogP contribution in [0, 0.1) is 0 Å². The molecule has 0 bridgehead atoms. The standard InChI is InChI=1S/C16H20N2O4/c1-16(2,15(20)18-6-5-17-14(19)10-18)11-3-4-12-13(9-11)22-8-7-21-12/h3-4,9H,5-8,10H2,1-2H3,(H,17,19). The largest absolute Gasteiger partial charge is 0.486 e. The molecule has 6 nitrogen and oxygen atoms in total. The molecule has 1 saturated heterocycles. The summed E-state index contributed by atoms with van der Waals surface area (Å²) >= 11 is 0. The summed E-state index contributed by atoms with van der Waals surface area (Å²) in [6, 6.07) is 5.58. The Morgan fingerprint density at radius 2 is 1.95 bits per heavy atom. The Balaban J connectivity index is 1.85. The van der Waals surface area contributed by atoms with Crippen molar-refractivity contribution in [3.8, 4) is 11.5 Å². The number of amides is 2. The second-order valence-electron chi connectivity index (χ2n) is 6.06. The SMILES string of the molecule is CC(C)(C(=O)N1CCNC(=O)C1)c1ccc2c(c1)OCCO2. The normalized spacial score (nSPS) is 17.9. The number of carbonyl (C=O) groups excluding carboxylic acids is 2. The van der Waals surface area contributed by atoms with Crippen LogP contribution in [0.4, 0.5) is 0 Å². The molecule has 3 rings (SSSR count). The van der Waals surface area contributed by atoms with E-state index in [0.29, 0.717) is 37.8 Å². The van der Waals surface area contributed by atoms with Crippen molar-refractivity contribution in [3.63, 3.8) is 0 Å². The number of fused-ring (bicyclic) bond motifs is 1. The van der Waals surface area contributed by atoms with Crippen LogP contribution in [0.3, 0.4) is 0 Å². The van der Waals surface area contributed by atoms with E-state index in [1.54, 1.807) is 4.90 Å².